The van der Waals surface area contributed by atoms with Crippen molar-refractivity contribution in [2.24, 2.45) is 0 Å². The lowest BCUT2D eigenvalue weighted by Crippen LogP contribution is -2.30. The van der Waals surface area contributed by atoms with Crippen LogP contribution in [0.2, 0.25) is 0 Å². The van der Waals surface area contributed by atoms with Crippen molar-refractivity contribution >= 4 is 11.6 Å². The number of methoxy groups -OCH3 is 2. The minimum absolute atomic E-state index is 0.0718. The number of fused-ring (bicyclic) bond motifs is 1. The molecule has 2 aliphatic rings. The number of ketones is 2. The van der Waals surface area contributed by atoms with E-state index in [0.29, 0.717) is 22.4 Å². The second-order valence-corrected chi connectivity index (χ2v) is 5.35. The Morgan fingerprint density at radius 1 is 1.18 bits per heavy atom. The summed E-state index contributed by atoms with van der Waals surface area (Å²) in [6.45, 7) is 5.62. The summed E-state index contributed by atoms with van der Waals surface area (Å²) >= 11 is 0. The van der Waals surface area contributed by atoms with Crippen LogP contribution in [0.3, 0.4) is 0 Å². The molecule has 2 atom stereocenters. The second-order valence-electron chi connectivity index (χ2n) is 5.35. The first kappa shape index (κ1) is 14.5. The molecule has 3 rings (SSSR count). The summed E-state index contributed by atoms with van der Waals surface area (Å²) in [6.07, 6.45) is -1.15. The van der Waals surface area contributed by atoms with Crippen molar-refractivity contribution in [3.05, 3.63) is 52.8 Å². The molecule has 1 aromatic carbocycles. The molecule has 1 aliphatic heterocycles. The van der Waals surface area contributed by atoms with E-state index in [9.17, 15) is 9.59 Å². The zero-order chi connectivity index (χ0) is 16.0. The molecule has 1 aliphatic carbocycles. The quantitative estimate of drug-likeness (QED) is 0.802. The number of Topliss-reactive ketones (excluding diaryl/α,β-unsaturated/α-hetero) is 2. The minimum atomic E-state index is -0.622. The van der Waals surface area contributed by atoms with Gasteiger partial charge in [-0.05, 0) is 30.7 Å². The van der Waals surface area contributed by atoms with E-state index in [4.69, 9.17) is 14.2 Å². The molecular formula is C17H16O5. The van der Waals surface area contributed by atoms with Crippen LogP contribution in [0.25, 0.3) is 0 Å². The van der Waals surface area contributed by atoms with E-state index in [0.717, 1.165) is 0 Å². The van der Waals surface area contributed by atoms with E-state index in [1.54, 1.807) is 25.1 Å². The van der Waals surface area contributed by atoms with E-state index < -0.39 is 12.2 Å². The average molecular weight is 300 g/mol. The summed E-state index contributed by atoms with van der Waals surface area (Å²) < 4.78 is 16.2. The lowest BCUT2D eigenvalue weighted by Gasteiger charge is -2.19. The number of hydrogen-bond acceptors (Lipinski definition) is 5. The first-order valence-electron chi connectivity index (χ1n) is 6.86. The molecule has 0 spiro atoms. The van der Waals surface area contributed by atoms with Crippen LogP contribution in [-0.4, -0.2) is 38.0 Å². The smallest absolute Gasteiger partial charge is 0.228 e. The van der Waals surface area contributed by atoms with Crippen molar-refractivity contribution in [1.82, 2.24) is 0 Å². The zero-order valence-corrected chi connectivity index (χ0v) is 12.6. The molecule has 5 heteroatoms. The van der Waals surface area contributed by atoms with E-state index >= 15 is 0 Å². The van der Waals surface area contributed by atoms with Crippen molar-refractivity contribution in [2.75, 3.05) is 14.2 Å². The molecule has 114 valence electrons. The maximum atomic E-state index is 12.8. The van der Waals surface area contributed by atoms with Crippen LogP contribution in [0.1, 0.15) is 27.6 Å². The van der Waals surface area contributed by atoms with E-state index in [1.807, 2.05) is 0 Å². The molecule has 0 aromatic heterocycles. The monoisotopic (exact) mass is 300 g/mol. The van der Waals surface area contributed by atoms with Crippen molar-refractivity contribution in [2.45, 2.75) is 19.1 Å². The molecule has 0 saturated carbocycles. The molecule has 22 heavy (non-hydrogen) atoms. The molecule has 1 heterocycles. The number of rotatable bonds is 3. The molecule has 0 amide bonds. The molecule has 1 aromatic rings. The Morgan fingerprint density at radius 2 is 1.91 bits per heavy atom. The highest BCUT2D eigenvalue weighted by Gasteiger charge is 2.47. The van der Waals surface area contributed by atoms with Gasteiger partial charge in [0.25, 0.3) is 0 Å². The maximum Gasteiger partial charge on any atom is 0.228 e. The van der Waals surface area contributed by atoms with Gasteiger partial charge in [0.15, 0.2) is 11.5 Å². The molecule has 0 saturated heterocycles. The highest BCUT2D eigenvalue weighted by molar-refractivity contribution is 6.27. The first-order valence-corrected chi connectivity index (χ1v) is 6.86. The van der Waals surface area contributed by atoms with Gasteiger partial charge in [-0.1, -0.05) is 6.58 Å². The van der Waals surface area contributed by atoms with Crippen molar-refractivity contribution in [3.63, 3.8) is 0 Å². The average Bonchev–Trinajstić information content (AvgIpc) is 2.92. The van der Waals surface area contributed by atoms with Gasteiger partial charge in [-0.3, -0.25) is 9.59 Å². The van der Waals surface area contributed by atoms with Gasteiger partial charge < -0.3 is 14.2 Å². The van der Waals surface area contributed by atoms with Gasteiger partial charge in [0, 0.05) is 18.2 Å². The zero-order valence-electron chi connectivity index (χ0n) is 12.6. The topological polar surface area (TPSA) is 61.8 Å². The first-order chi connectivity index (χ1) is 10.5. The van der Waals surface area contributed by atoms with Crippen LogP contribution in [0, 0.1) is 0 Å². The van der Waals surface area contributed by atoms with Gasteiger partial charge >= 0.3 is 0 Å². The standard InChI is InChI=1S/C17H16O5/c1-8(2)15-17(21-4)12-13(18)11-7-9(20-3)5-6-10(11)14(19)16(12)22-15/h5-7,15,17H,1H2,2-4H3. The van der Waals surface area contributed by atoms with E-state index in [-0.39, 0.29) is 22.9 Å². The lowest BCUT2D eigenvalue weighted by atomic mass is 9.85. The fourth-order valence-electron chi connectivity index (χ4n) is 2.85. The maximum absolute atomic E-state index is 12.8. The van der Waals surface area contributed by atoms with Crippen LogP contribution in [-0.2, 0) is 9.47 Å². The molecule has 2 unspecified atom stereocenters. The Hall–Kier alpha value is -2.40. The molecule has 5 nitrogen and oxygen atoms in total. The Kier molecular flexibility index (Phi) is 3.37. The Balaban J connectivity index is 2.13. The van der Waals surface area contributed by atoms with Crippen LogP contribution >= 0.6 is 0 Å². The highest BCUT2D eigenvalue weighted by Crippen LogP contribution is 2.39. The molecule has 0 fully saturated rings. The molecule has 0 bridgehead atoms. The number of hydrogen-bond donors (Lipinski definition) is 0. The number of ether oxygens (including phenoxy) is 3. The third-order valence-electron chi connectivity index (χ3n) is 3.96. The fourth-order valence-corrected chi connectivity index (χ4v) is 2.85. The lowest BCUT2D eigenvalue weighted by molar-refractivity contribution is 0.0388. The summed E-state index contributed by atoms with van der Waals surface area (Å²) in [5.74, 6) is 0.0213. The number of carbonyl (C=O) groups is 2. The minimum Gasteiger partial charge on any atom is -0.497 e. The largest absolute Gasteiger partial charge is 0.497 e. The highest BCUT2D eigenvalue weighted by atomic mass is 16.6. The number of allylic oxidation sites excluding steroid dienone is 1. The Bertz CT molecular complexity index is 729. The normalized spacial score (nSPS) is 23.0. The predicted octanol–water partition coefficient (Wildman–Crippen LogP) is 2.32. The SMILES string of the molecule is C=C(C)C1OC2=C(C(=O)c3cc(OC)ccc3C2=O)C1OC. The Labute approximate surface area is 128 Å². The third kappa shape index (κ3) is 1.89. The summed E-state index contributed by atoms with van der Waals surface area (Å²) in [7, 11) is 2.99. The van der Waals surface area contributed by atoms with Gasteiger partial charge in [0.1, 0.15) is 18.0 Å². The second kappa shape index (κ2) is 5.10. The third-order valence-corrected chi connectivity index (χ3v) is 3.96. The van der Waals surface area contributed by atoms with Crippen molar-refractivity contribution in [1.29, 1.82) is 0 Å². The van der Waals surface area contributed by atoms with Crippen molar-refractivity contribution < 1.29 is 23.8 Å². The van der Waals surface area contributed by atoms with Gasteiger partial charge in [-0.25, -0.2) is 0 Å². The number of benzene rings is 1. The fraction of sp³-hybridized carbons (Fsp3) is 0.294. The molecular weight excluding hydrogens is 284 g/mol. The predicted molar refractivity (Wildman–Crippen MR) is 79.2 cm³/mol. The van der Waals surface area contributed by atoms with Crippen LogP contribution < -0.4 is 4.74 Å². The van der Waals surface area contributed by atoms with Gasteiger partial charge in [0.05, 0.1) is 12.7 Å². The van der Waals surface area contributed by atoms with Crippen molar-refractivity contribution in [3.8, 4) is 5.75 Å². The molecule has 0 N–H and O–H groups in total. The van der Waals surface area contributed by atoms with Crippen LogP contribution in [0.15, 0.2) is 41.7 Å². The van der Waals surface area contributed by atoms with Gasteiger partial charge in [0.2, 0.25) is 5.78 Å². The van der Waals surface area contributed by atoms with Crippen LogP contribution in [0.4, 0.5) is 0 Å². The summed E-state index contributed by atoms with van der Waals surface area (Å²) in [4.78, 5) is 25.4. The van der Waals surface area contributed by atoms with Gasteiger partial charge in [-0.15, -0.1) is 0 Å². The number of carbonyl (C=O) groups excluding carboxylic acids is 2. The Morgan fingerprint density at radius 3 is 2.50 bits per heavy atom. The summed E-state index contributed by atoms with van der Waals surface area (Å²) in [5.41, 5.74) is 1.60. The van der Waals surface area contributed by atoms with E-state index in [2.05, 4.69) is 6.58 Å². The summed E-state index contributed by atoms with van der Waals surface area (Å²) in [5, 5.41) is 0. The molecule has 0 radical (unpaired) electrons. The van der Waals surface area contributed by atoms with E-state index in [1.165, 1.54) is 14.2 Å². The van der Waals surface area contributed by atoms with Gasteiger partial charge in [-0.2, -0.15) is 0 Å². The van der Waals surface area contributed by atoms with Crippen LogP contribution in [0.5, 0.6) is 5.75 Å². The summed E-state index contributed by atoms with van der Waals surface area (Å²) in [6, 6.07) is 4.80.